The average molecular weight is 385 g/mol. The number of pyridine rings is 1. The lowest BCUT2D eigenvalue weighted by Gasteiger charge is -2.31. The molecule has 0 amide bonds. The van der Waals surface area contributed by atoms with Crippen LogP contribution >= 0.6 is 0 Å². The Labute approximate surface area is 162 Å². The smallest absolute Gasteiger partial charge is 0.341 e. The van der Waals surface area contributed by atoms with E-state index in [-0.39, 0.29) is 22.9 Å². The van der Waals surface area contributed by atoms with Gasteiger partial charge in [-0.1, -0.05) is 12.2 Å². The van der Waals surface area contributed by atoms with Gasteiger partial charge in [0.15, 0.2) is 0 Å². The molecule has 6 nitrogen and oxygen atoms in total. The van der Waals surface area contributed by atoms with Crippen molar-refractivity contribution in [3.8, 4) is 0 Å². The van der Waals surface area contributed by atoms with Crippen LogP contribution in [0.3, 0.4) is 0 Å². The van der Waals surface area contributed by atoms with Crippen molar-refractivity contribution in [2.75, 3.05) is 24.5 Å². The molecule has 2 heterocycles. The van der Waals surface area contributed by atoms with Gasteiger partial charge in [0.2, 0.25) is 5.43 Å². The summed E-state index contributed by atoms with van der Waals surface area (Å²) in [4.78, 5) is 26.3. The Kier molecular flexibility index (Phi) is 4.71. The van der Waals surface area contributed by atoms with E-state index < -0.39 is 17.2 Å². The highest BCUT2D eigenvalue weighted by Gasteiger charge is 2.30. The third kappa shape index (κ3) is 2.99. The van der Waals surface area contributed by atoms with Crippen LogP contribution in [0, 0.1) is 11.7 Å². The van der Waals surface area contributed by atoms with Crippen molar-refractivity contribution < 1.29 is 14.3 Å². The van der Waals surface area contributed by atoms with Gasteiger partial charge in [0.05, 0.1) is 16.6 Å². The van der Waals surface area contributed by atoms with Crippen LogP contribution in [0.4, 0.5) is 10.1 Å². The van der Waals surface area contributed by atoms with Crippen molar-refractivity contribution in [3.05, 3.63) is 45.5 Å². The Morgan fingerprint density at radius 3 is 2.75 bits per heavy atom. The van der Waals surface area contributed by atoms with Gasteiger partial charge < -0.3 is 20.3 Å². The number of nitrogens with two attached hydrogens (primary N) is 1. The summed E-state index contributed by atoms with van der Waals surface area (Å²) in [5.41, 5.74) is 6.64. The molecule has 4 rings (SSSR count). The number of rotatable bonds is 4. The fraction of sp³-hybridized carbons (Fsp3) is 0.429. The van der Waals surface area contributed by atoms with Crippen LogP contribution in [0.5, 0.6) is 0 Å². The van der Waals surface area contributed by atoms with E-state index in [9.17, 15) is 14.7 Å². The number of halogens is 1. The van der Waals surface area contributed by atoms with E-state index in [0.29, 0.717) is 36.4 Å². The van der Waals surface area contributed by atoms with Gasteiger partial charge in [0.1, 0.15) is 11.4 Å². The average Bonchev–Trinajstić information content (AvgIpc) is 3.48. The minimum absolute atomic E-state index is 0.125. The maximum Gasteiger partial charge on any atom is 0.341 e. The van der Waals surface area contributed by atoms with E-state index in [1.165, 1.54) is 12.3 Å². The normalized spacial score (nSPS) is 20.5. The molecule has 1 atom stereocenters. The number of hydrogen-bond donors (Lipinski definition) is 2. The second-order valence-corrected chi connectivity index (χ2v) is 7.61. The van der Waals surface area contributed by atoms with Gasteiger partial charge in [-0.05, 0) is 44.7 Å². The number of hydrogen-bond acceptors (Lipinski definition) is 4. The highest BCUT2D eigenvalue weighted by molar-refractivity contribution is 5.98. The summed E-state index contributed by atoms with van der Waals surface area (Å²) >= 11 is 0. The maximum atomic E-state index is 15.2. The topological polar surface area (TPSA) is 88.6 Å². The Hall–Kier alpha value is -2.67. The van der Waals surface area contributed by atoms with Gasteiger partial charge in [-0.3, -0.25) is 4.79 Å². The molecule has 0 spiro atoms. The predicted octanol–water partition coefficient (Wildman–Crippen LogP) is 2.99. The van der Waals surface area contributed by atoms with Crippen molar-refractivity contribution in [1.82, 2.24) is 4.57 Å². The summed E-state index contributed by atoms with van der Waals surface area (Å²) in [7, 11) is 0. The molecule has 0 radical (unpaired) electrons. The van der Waals surface area contributed by atoms with E-state index in [4.69, 9.17) is 5.73 Å². The number of benzene rings is 1. The Bertz CT molecular complexity index is 1040. The number of aromatic nitrogens is 1. The number of carboxylic acids is 1. The molecule has 28 heavy (non-hydrogen) atoms. The zero-order valence-corrected chi connectivity index (χ0v) is 15.8. The molecule has 1 aromatic heterocycles. The minimum Gasteiger partial charge on any atom is -0.477 e. The summed E-state index contributed by atoms with van der Waals surface area (Å²) in [5, 5.41) is 9.56. The van der Waals surface area contributed by atoms with Crippen molar-refractivity contribution >= 4 is 28.6 Å². The van der Waals surface area contributed by atoms with Gasteiger partial charge in [-0.15, -0.1) is 0 Å². The zero-order valence-electron chi connectivity index (χ0n) is 15.8. The molecule has 1 fully saturated rings. The predicted molar refractivity (Wildman–Crippen MR) is 107 cm³/mol. The van der Waals surface area contributed by atoms with Gasteiger partial charge >= 0.3 is 5.97 Å². The van der Waals surface area contributed by atoms with Gasteiger partial charge in [0.25, 0.3) is 0 Å². The molecule has 1 aliphatic carbocycles. The molecule has 148 valence electrons. The van der Waals surface area contributed by atoms with Crippen LogP contribution in [-0.4, -0.2) is 35.3 Å². The molecule has 3 N–H and O–H groups in total. The standard InChI is InChI=1S/C21H24FN3O3/c1-2-24-10-12(9-23)4-3-5-14-18-15(8-17(22)19(14)24)20(26)16(21(27)28)11-25(18)13-6-7-13/h3,5,8,11-13H,2,4,6-7,9-10,23H2,1H3,(H,27,28)/b5-3-. The molecular weight excluding hydrogens is 361 g/mol. The maximum absolute atomic E-state index is 15.2. The van der Waals surface area contributed by atoms with Crippen LogP contribution < -0.4 is 16.1 Å². The van der Waals surface area contributed by atoms with Crippen LogP contribution in [-0.2, 0) is 0 Å². The molecule has 0 saturated heterocycles. The first-order valence-corrected chi connectivity index (χ1v) is 9.72. The number of nitrogens with zero attached hydrogens (tertiary/aromatic N) is 2. The van der Waals surface area contributed by atoms with Crippen LogP contribution in [0.15, 0.2) is 23.1 Å². The van der Waals surface area contributed by atoms with E-state index in [2.05, 4.69) is 0 Å². The molecular formula is C21H24FN3O3. The Morgan fingerprint density at radius 1 is 1.39 bits per heavy atom. The van der Waals surface area contributed by atoms with Crippen LogP contribution in [0.25, 0.3) is 17.0 Å². The highest BCUT2D eigenvalue weighted by Crippen LogP contribution is 2.41. The number of fused-ring (bicyclic) bond motifs is 3. The second kappa shape index (κ2) is 7.05. The van der Waals surface area contributed by atoms with Crippen LogP contribution in [0.2, 0.25) is 0 Å². The fourth-order valence-electron chi connectivity index (χ4n) is 4.09. The lowest BCUT2D eigenvalue weighted by atomic mass is 9.96. The van der Waals surface area contributed by atoms with Crippen molar-refractivity contribution in [1.29, 1.82) is 0 Å². The van der Waals surface area contributed by atoms with Crippen molar-refractivity contribution in [2.45, 2.75) is 32.2 Å². The molecule has 0 bridgehead atoms. The number of carboxylic acid groups (broad SMARTS) is 1. The third-order valence-electron chi connectivity index (χ3n) is 5.71. The van der Waals surface area contributed by atoms with E-state index in [0.717, 1.165) is 19.3 Å². The SMILES string of the molecule is CCN1CC(CN)C/C=C\c2c1c(F)cc1c(=O)c(C(=O)O)cn(C3CC3)c21. The first-order chi connectivity index (χ1) is 13.5. The number of carbonyl (C=O) groups is 1. The largest absolute Gasteiger partial charge is 0.477 e. The molecule has 2 aromatic rings. The minimum atomic E-state index is -1.29. The summed E-state index contributed by atoms with van der Waals surface area (Å²) in [6.07, 6.45) is 7.87. The van der Waals surface area contributed by atoms with Crippen molar-refractivity contribution in [3.63, 3.8) is 0 Å². The quantitative estimate of drug-likeness (QED) is 0.845. The second-order valence-electron chi connectivity index (χ2n) is 7.61. The van der Waals surface area contributed by atoms with Crippen molar-refractivity contribution in [2.24, 2.45) is 11.7 Å². The third-order valence-corrected chi connectivity index (χ3v) is 5.71. The molecule has 2 aliphatic rings. The lowest BCUT2D eigenvalue weighted by molar-refractivity contribution is 0.0695. The first kappa shape index (κ1) is 18.7. The van der Waals surface area contributed by atoms with Gasteiger partial charge in [0, 0.05) is 30.9 Å². The van der Waals surface area contributed by atoms with Crippen LogP contribution in [0.1, 0.15) is 48.1 Å². The summed E-state index contributed by atoms with van der Waals surface area (Å²) in [5.74, 6) is -1.57. The summed E-state index contributed by atoms with van der Waals surface area (Å²) in [6, 6.07) is 1.35. The summed E-state index contributed by atoms with van der Waals surface area (Å²) in [6.45, 7) is 3.72. The fourth-order valence-corrected chi connectivity index (χ4v) is 4.09. The zero-order chi connectivity index (χ0) is 20.0. The molecule has 7 heteroatoms. The Morgan fingerprint density at radius 2 is 2.14 bits per heavy atom. The molecule has 1 aromatic carbocycles. The Balaban J connectivity index is 2.08. The number of allylic oxidation sites excluding steroid dienone is 1. The lowest BCUT2D eigenvalue weighted by Crippen LogP contribution is -2.34. The first-order valence-electron chi connectivity index (χ1n) is 9.72. The number of aromatic carboxylic acids is 1. The summed E-state index contributed by atoms with van der Waals surface area (Å²) < 4.78 is 17.1. The van der Waals surface area contributed by atoms with E-state index >= 15 is 4.39 Å². The van der Waals surface area contributed by atoms with Gasteiger partial charge in [-0.2, -0.15) is 0 Å². The van der Waals surface area contributed by atoms with E-state index in [1.807, 2.05) is 28.5 Å². The monoisotopic (exact) mass is 385 g/mol. The molecule has 1 saturated carbocycles. The highest BCUT2D eigenvalue weighted by atomic mass is 19.1. The number of anilines is 1. The molecule has 1 aliphatic heterocycles. The van der Waals surface area contributed by atoms with E-state index in [1.54, 1.807) is 0 Å². The molecule has 1 unspecified atom stereocenters. The van der Waals surface area contributed by atoms with Gasteiger partial charge in [-0.25, -0.2) is 9.18 Å².